The standard InChI is InChI=1S/C14H20N4/c1-10-6-5-7-12(8-10)17(3)14-13(9-15)11(2)16-18(14)4/h5-8H,9,15H2,1-4H3. The van der Waals surface area contributed by atoms with E-state index in [1.807, 2.05) is 25.7 Å². The Kier molecular flexibility index (Phi) is 3.39. The monoisotopic (exact) mass is 244 g/mol. The van der Waals surface area contributed by atoms with Crippen molar-refractivity contribution in [1.82, 2.24) is 9.78 Å². The van der Waals surface area contributed by atoms with E-state index in [1.165, 1.54) is 5.56 Å². The van der Waals surface area contributed by atoms with E-state index < -0.39 is 0 Å². The molecule has 4 heteroatoms. The zero-order valence-electron chi connectivity index (χ0n) is 11.4. The Hall–Kier alpha value is -1.81. The lowest BCUT2D eigenvalue weighted by atomic mass is 10.2. The maximum absolute atomic E-state index is 5.83. The second-order valence-corrected chi connectivity index (χ2v) is 4.61. The Morgan fingerprint density at radius 3 is 2.67 bits per heavy atom. The normalized spacial score (nSPS) is 10.7. The molecule has 0 aliphatic carbocycles. The predicted octanol–water partition coefficient (Wildman–Crippen LogP) is 2.26. The minimum atomic E-state index is 0.505. The van der Waals surface area contributed by atoms with Gasteiger partial charge in [-0.2, -0.15) is 5.10 Å². The highest BCUT2D eigenvalue weighted by Crippen LogP contribution is 2.28. The molecule has 2 N–H and O–H groups in total. The summed E-state index contributed by atoms with van der Waals surface area (Å²) in [6.45, 7) is 4.59. The molecular formula is C14H20N4. The van der Waals surface area contributed by atoms with Crippen molar-refractivity contribution in [2.75, 3.05) is 11.9 Å². The van der Waals surface area contributed by atoms with Gasteiger partial charge in [0.2, 0.25) is 0 Å². The summed E-state index contributed by atoms with van der Waals surface area (Å²) in [7, 11) is 4.00. The molecule has 18 heavy (non-hydrogen) atoms. The Morgan fingerprint density at radius 2 is 2.06 bits per heavy atom. The molecule has 0 aliphatic rings. The van der Waals surface area contributed by atoms with Gasteiger partial charge < -0.3 is 10.6 Å². The Balaban J connectivity index is 2.48. The van der Waals surface area contributed by atoms with Crippen LogP contribution in [0.4, 0.5) is 11.5 Å². The van der Waals surface area contributed by atoms with E-state index in [0.29, 0.717) is 6.54 Å². The number of nitrogens with zero attached hydrogens (tertiary/aromatic N) is 3. The third-order valence-corrected chi connectivity index (χ3v) is 3.22. The third kappa shape index (κ3) is 2.11. The van der Waals surface area contributed by atoms with E-state index >= 15 is 0 Å². The van der Waals surface area contributed by atoms with Crippen LogP contribution in [0.1, 0.15) is 16.8 Å². The van der Waals surface area contributed by atoms with Crippen LogP contribution >= 0.6 is 0 Å². The summed E-state index contributed by atoms with van der Waals surface area (Å²) in [5, 5.41) is 4.45. The molecule has 0 bridgehead atoms. The first-order valence-corrected chi connectivity index (χ1v) is 6.07. The highest BCUT2D eigenvalue weighted by atomic mass is 15.4. The van der Waals surface area contributed by atoms with Gasteiger partial charge in [-0.25, -0.2) is 0 Å². The fourth-order valence-corrected chi connectivity index (χ4v) is 2.31. The Labute approximate surface area is 108 Å². The molecule has 0 spiro atoms. The van der Waals surface area contributed by atoms with Crippen LogP contribution < -0.4 is 10.6 Å². The highest BCUT2D eigenvalue weighted by molar-refractivity contribution is 5.64. The highest BCUT2D eigenvalue weighted by Gasteiger charge is 2.16. The van der Waals surface area contributed by atoms with Gasteiger partial charge in [-0.1, -0.05) is 12.1 Å². The molecule has 0 saturated carbocycles. The zero-order valence-corrected chi connectivity index (χ0v) is 11.4. The lowest BCUT2D eigenvalue weighted by Crippen LogP contribution is -2.16. The van der Waals surface area contributed by atoms with E-state index in [1.54, 1.807) is 0 Å². The molecule has 0 amide bonds. The molecule has 1 aromatic carbocycles. The van der Waals surface area contributed by atoms with Crippen LogP contribution in [-0.4, -0.2) is 16.8 Å². The first-order valence-electron chi connectivity index (χ1n) is 6.07. The number of rotatable bonds is 3. The van der Waals surface area contributed by atoms with E-state index in [2.05, 4.69) is 41.2 Å². The lowest BCUT2D eigenvalue weighted by Gasteiger charge is -2.21. The molecule has 2 rings (SSSR count). The van der Waals surface area contributed by atoms with Gasteiger partial charge in [0, 0.05) is 31.9 Å². The lowest BCUT2D eigenvalue weighted by molar-refractivity contribution is 0.750. The molecular weight excluding hydrogens is 224 g/mol. The summed E-state index contributed by atoms with van der Waals surface area (Å²) in [6.07, 6.45) is 0. The van der Waals surface area contributed by atoms with Crippen LogP contribution in [0.2, 0.25) is 0 Å². The zero-order chi connectivity index (χ0) is 13.3. The smallest absolute Gasteiger partial charge is 0.135 e. The van der Waals surface area contributed by atoms with Gasteiger partial charge in [0.1, 0.15) is 5.82 Å². The number of nitrogens with two attached hydrogens (primary N) is 1. The molecule has 0 unspecified atom stereocenters. The maximum atomic E-state index is 5.83. The molecule has 2 aromatic rings. The number of benzene rings is 1. The SMILES string of the molecule is Cc1cccc(N(C)c2c(CN)c(C)nn2C)c1. The van der Waals surface area contributed by atoms with Crippen molar-refractivity contribution in [3.63, 3.8) is 0 Å². The van der Waals surface area contributed by atoms with E-state index in [4.69, 9.17) is 5.73 Å². The molecule has 4 nitrogen and oxygen atoms in total. The molecule has 1 heterocycles. The van der Waals surface area contributed by atoms with Gasteiger partial charge in [0.25, 0.3) is 0 Å². The minimum absolute atomic E-state index is 0.505. The summed E-state index contributed by atoms with van der Waals surface area (Å²) >= 11 is 0. The molecule has 1 aromatic heterocycles. The van der Waals surface area contributed by atoms with Gasteiger partial charge in [-0.15, -0.1) is 0 Å². The summed E-state index contributed by atoms with van der Waals surface area (Å²) in [6, 6.07) is 8.40. The van der Waals surface area contributed by atoms with E-state index in [-0.39, 0.29) is 0 Å². The second-order valence-electron chi connectivity index (χ2n) is 4.61. The van der Waals surface area contributed by atoms with Crippen molar-refractivity contribution in [1.29, 1.82) is 0 Å². The average molecular weight is 244 g/mol. The van der Waals surface area contributed by atoms with Crippen molar-refractivity contribution in [2.45, 2.75) is 20.4 Å². The number of aromatic nitrogens is 2. The number of anilines is 2. The van der Waals surface area contributed by atoms with Gasteiger partial charge in [0.15, 0.2) is 0 Å². The van der Waals surface area contributed by atoms with Crippen molar-refractivity contribution in [3.05, 3.63) is 41.1 Å². The summed E-state index contributed by atoms with van der Waals surface area (Å²) in [4.78, 5) is 2.13. The van der Waals surface area contributed by atoms with Gasteiger partial charge in [-0.05, 0) is 31.5 Å². The quantitative estimate of drug-likeness (QED) is 0.901. The summed E-state index contributed by atoms with van der Waals surface area (Å²) in [5.41, 5.74) is 10.3. The number of hydrogen-bond donors (Lipinski definition) is 1. The van der Waals surface area contributed by atoms with Gasteiger partial charge >= 0.3 is 0 Å². The molecule has 0 saturated heterocycles. The molecule has 0 aliphatic heterocycles. The van der Waals surface area contributed by atoms with Crippen molar-refractivity contribution < 1.29 is 0 Å². The number of aryl methyl sites for hydroxylation is 3. The third-order valence-electron chi connectivity index (χ3n) is 3.22. The first kappa shape index (κ1) is 12.6. The predicted molar refractivity (Wildman–Crippen MR) is 75.1 cm³/mol. The van der Waals surface area contributed by atoms with Crippen LogP contribution in [0, 0.1) is 13.8 Å². The first-order chi connectivity index (χ1) is 8.54. The molecule has 0 radical (unpaired) electrons. The average Bonchev–Trinajstić information content (AvgIpc) is 2.62. The molecule has 0 atom stereocenters. The van der Waals surface area contributed by atoms with Crippen LogP contribution in [0.25, 0.3) is 0 Å². The van der Waals surface area contributed by atoms with Gasteiger partial charge in [-0.3, -0.25) is 4.68 Å². The van der Waals surface area contributed by atoms with Crippen molar-refractivity contribution >= 4 is 11.5 Å². The van der Waals surface area contributed by atoms with E-state index in [0.717, 1.165) is 22.8 Å². The fourth-order valence-electron chi connectivity index (χ4n) is 2.31. The summed E-state index contributed by atoms with van der Waals surface area (Å²) in [5.74, 6) is 1.06. The Morgan fingerprint density at radius 1 is 1.33 bits per heavy atom. The van der Waals surface area contributed by atoms with Crippen LogP contribution in [0.3, 0.4) is 0 Å². The van der Waals surface area contributed by atoms with Gasteiger partial charge in [0.05, 0.1) is 5.69 Å². The largest absolute Gasteiger partial charge is 0.329 e. The van der Waals surface area contributed by atoms with Crippen molar-refractivity contribution in [2.24, 2.45) is 12.8 Å². The minimum Gasteiger partial charge on any atom is -0.329 e. The summed E-state index contributed by atoms with van der Waals surface area (Å²) < 4.78 is 1.89. The van der Waals surface area contributed by atoms with Crippen LogP contribution in [0.15, 0.2) is 24.3 Å². The maximum Gasteiger partial charge on any atom is 0.135 e. The van der Waals surface area contributed by atoms with Crippen molar-refractivity contribution in [3.8, 4) is 0 Å². The van der Waals surface area contributed by atoms with Crippen LogP contribution in [0.5, 0.6) is 0 Å². The second kappa shape index (κ2) is 4.82. The Bertz CT molecular complexity index is 557. The number of hydrogen-bond acceptors (Lipinski definition) is 3. The topological polar surface area (TPSA) is 47.1 Å². The molecule has 0 fully saturated rings. The fraction of sp³-hybridized carbons (Fsp3) is 0.357. The van der Waals surface area contributed by atoms with E-state index in [9.17, 15) is 0 Å². The van der Waals surface area contributed by atoms with Crippen LogP contribution in [-0.2, 0) is 13.6 Å². The molecule has 96 valence electrons.